The first-order valence-corrected chi connectivity index (χ1v) is 7.85. The van der Waals surface area contributed by atoms with Crippen LogP contribution in [0.4, 0.5) is 11.4 Å². The zero-order chi connectivity index (χ0) is 16.0. The molecule has 0 aliphatic carbocycles. The Hall–Kier alpha value is -1.71. The van der Waals surface area contributed by atoms with Gasteiger partial charge in [-0.05, 0) is 31.2 Å². The fraction of sp³-hybridized carbons (Fsp3) is 0.368. The SMILES string of the molecule is CCN(CCOc1ccc([N+](C)(C)C)cc1)c1ccccc1.[Cl-]. The maximum atomic E-state index is 5.88. The molecule has 0 heterocycles. The van der Waals surface area contributed by atoms with E-state index < -0.39 is 0 Å². The lowest BCUT2D eigenvalue weighted by atomic mass is 10.2. The molecule has 126 valence electrons. The van der Waals surface area contributed by atoms with Crippen molar-refractivity contribution >= 4 is 11.4 Å². The Kier molecular flexibility index (Phi) is 7.40. The Bertz CT molecular complexity index is 564. The third-order valence-electron chi connectivity index (χ3n) is 3.74. The van der Waals surface area contributed by atoms with Gasteiger partial charge in [0, 0.05) is 24.4 Å². The summed E-state index contributed by atoms with van der Waals surface area (Å²) in [5, 5.41) is 0. The number of halogens is 1. The molecular weight excluding hydrogens is 308 g/mol. The molecule has 0 aromatic heterocycles. The molecule has 0 saturated heterocycles. The second-order valence-corrected chi connectivity index (χ2v) is 6.27. The van der Waals surface area contributed by atoms with Crippen molar-refractivity contribution in [2.45, 2.75) is 6.92 Å². The molecule has 23 heavy (non-hydrogen) atoms. The van der Waals surface area contributed by atoms with Gasteiger partial charge in [-0.2, -0.15) is 0 Å². The van der Waals surface area contributed by atoms with Gasteiger partial charge in [0.1, 0.15) is 18.0 Å². The molecule has 0 amide bonds. The normalized spacial score (nSPS) is 10.8. The fourth-order valence-electron chi connectivity index (χ4n) is 2.37. The van der Waals surface area contributed by atoms with Crippen LogP contribution in [0.2, 0.25) is 0 Å². The highest BCUT2D eigenvalue weighted by molar-refractivity contribution is 5.46. The smallest absolute Gasteiger partial charge is 0.132 e. The van der Waals surface area contributed by atoms with Gasteiger partial charge in [-0.3, -0.25) is 4.48 Å². The number of anilines is 1. The van der Waals surface area contributed by atoms with Crippen molar-refractivity contribution in [2.75, 3.05) is 45.7 Å². The fourth-order valence-corrected chi connectivity index (χ4v) is 2.37. The van der Waals surface area contributed by atoms with Gasteiger partial charge in [0.15, 0.2) is 0 Å². The van der Waals surface area contributed by atoms with Crippen LogP contribution in [0.1, 0.15) is 6.92 Å². The predicted octanol–water partition coefficient (Wildman–Crippen LogP) is 0.793. The summed E-state index contributed by atoms with van der Waals surface area (Å²) in [4.78, 5) is 2.32. The van der Waals surface area contributed by atoms with E-state index in [-0.39, 0.29) is 12.4 Å². The summed E-state index contributed by atoms with van der Waals surface area (Å²) in [6.07, 6.45) is 0. The maximum Gasteiger partial charge on any atom is 0.132 e. The molecule has 0 unspecified atom stereocenters. The van der Waals surface area contributed by atoms with Crippen LogP contribution in [0.25, 0.3) is 0 Å². The van der Waals surface area contributed by atoms with Crippen LogP contribution in [0.3, 0.4) is 0 Å². The molecule has 0 radical (unpaired) electrons. The monoisotopic (exact) mass is 334 g/mol. The number of hydrogen-bond acceptors (Lipinski definition) is 2. The second kappa shape index (κ2) is 8.80. The van der Waals surface area contributed by atoms with Gasteiger partial charge in [0.25, 0.3) is 0 Å². The van der Waals surface area contributed by atoms with Gasteiger partial charge in [-0.15, -0.1) is 0 Å². The van der Waals surface area contributed by atoms with Gasteiger partial charge in [-0.25, -0.2) is 0 Å². The van der Waals surface area contributed by atoms with Crippen LogP contribution >= 0.6 is 0 Å². The quantitative estimate of drug-likeness (QED) is 0.694. The third kappa shape index (κ3) is 5.77. The predicted molar refractivity (Wildman–Crippen MR) is 95.8 cm³/mol. The molecule has 0 aliphatic heterocycles. The van der Waals surface area contributed by atoms with E-state index in [9.17, 15) is 0 Å². The molecule has 3 nitrogen and oxygen atoms in total. The zero-order valence-electron chi connectivity index (χ0n) is 14.5. The Balaban J connectivity index is 0.00000264. The average molecular weight is 335 g/mol. The Labute approximate surface area is 146 Å². The summed E-state index contributed by atoms with van der Waals surface area (Å²) in [6.45, 7) is 4.72. The Morgan fingerprint density at radius 1 is 0.913 bits per heavy atom. The number of nitrogens with zero attached hydrogens (tertiary/aromatic N) is 2. The summed E-state index contributed by atoms with van der Waals surface area (Å²) in [7, 11) is 6.48. The van der Waals surface area contributed by atoms with E-state index in [4.69, 9.17) is 4.74 Å². The van der Waals surface area contributed by atoms with Crippen molar-refractivity contribution in [1.82, 2.24) is 4.48 Å². The lowest BCUT2D eigenvalue weighted by Gasteiger charge is -2.24. The van der Waals surface area contributed by atoms with Gasteiger partial charge < -0.3 is 22.0 Å². The Morgan fingerprint density at radius 2 is 1.52 bits per heavy atom. The topological polar surface area (TPSA) is 12.5 Å². The van der Waals surface area contributed by atoms with Crippen LogP contribution in [-0.4, -0.2) is 40.8 Å². The van der Waals surface area contributed by atoms with Crippen LogP contribution in [0, 0.1) is 0 Å². The summed E-state index contributed by atoms with van der Waals surface area (Å²) in [5.74, 6) is 0.932. The minimum Gasteiger partial charge on any atom is -1.00 e. The number of hydrogen-bond donors (Lipinski definition) is 0. The molecule has 0 bridgehead atoms. The average Bonchev–Trinajstić information content (AvgIpc) is 2.52. The van der Waals surface area contributed by atoms with Gasteiger partial charge in [-0.1, -0.05) is 18.2 Å². The van der Waals surface area contributed by atoms with E-state index in [2.05, 4.69) is 81.5 Å². The molecule has 0 atom stereocenters. The minimum absolute atomic E-state index is 0. The van der Waals surface area contributed by atoms with Crippen LogP contribution in [-0.2, 0) is 0 Å². The van der Waals surface area contributed by atoms with Crippen LogP contribution < -0.4 is 26.5 Å². The zero-order valence-corrected chi connectivity index (χ0v) is 15.3. The lowest BCUT2D eigenvalue weighted by molar-refractivity contribution is -0.00000526. The molecule has 2 aromatic rings. The highest BCUT2D eigenvalue weighted by atomic mass is 35.5. The summed E-state index contributed by atoms with van der Waals surface area (Å²) < 4.78 is 6.70. The molecule has 0 fully saturated rings. The lowest BCUT2D eigenvalue weighted by Crippen LogP contribution is -3.00. The van der Waals surface area contributed by atoms with Crippen molar-refractivity contribution in [3.8, 4) is 5.75 Å². The molecule has 0 spiro atoms. The van der Waals surface area contributed by atoms with E-state index in [1.165, 1.54) is 11.4 Å². The first-order chi connectivity index (χ1) is 10.5. The summed E-state index contributed by atoms with van der Waals surface area (Å²) in [6, 6.07) is 18.8. The molecule has 4 heteroatoms. The third-order valence-corrected chi connectivity index (χ3v) is 3.74. The van der Waals surface area contributed by atoms with E-state index in [1.54, 1.807) is 0 Å². The van der Waals surface area contributed by atoms with Crippen LogP contribution in [0.15, 0.2) is 54.6 Å². The highest BCUT2D eigenvalue weighted by Gasteiger charge is 2.11. The van der Waals surface area contributed by atoms with Gasteiger partial charge >= 0.3 is 0 Å². The van der Waals surface area contributed by atoms with E-state index in [0.717, 1.165) is 23.3 Å². The molecule has 0 aliphatic rings. The largest absolute Gasteiger partial charge is 1.00 e. The van der Waals surface area contributed by atoms with Crippen molar-refractivity contribution in [3.63, 3.8) is 0 Å². The number of likely N-dealkylation sites (N-methyl/N-ethyl adjacent to an activating group) is 1. The van der Waals surface area contributed by atoms with E-state index in [1.807, 2.05) is 6.07 Å². The van der Waals surface area contributed by atoms with Crippen molar-refractivity contribution in [2.24, 2.45) is 0 Å². The Morgan fingerprint density at radius 3 is 2.04 bits per heavy atom. The van der Waals surface area contributed by atoms with E-state index in [0.29, 0.717) is 6.61 Å². The van der Waals surface area contributed by atoms with E-state index >= 15 is 0 Å². The first-order valence-electron chi connectivity index (χ1n) is 7.85. The number of benzene rings is 2. The summed E-state index contributed by atoms with van der Waals surface area (Å²) in [5.41, 5.74) is 2.51. The molecule has 0 saturated carbocycles. The highest BCUT2D eigenvalue weighted by Crippen LogP contribution is 2.21. The van der Waals surface area contributed by atoms with Gasteiger partial charge in [0.2, 0.25) is 0 Å². The molecule has 2 aromatic carbocycles. The minimum atomic E-state index is 0. The summed E-state index contributed by atoms with van der Waals surface area (Å²) >= 11 is 0. The van der Waals surface area contributed by atoms with Crippen LogP contribution in [0.5, 0.6) is 5.75 Å². The number of para-hydroxylation sites is 1. The maximum absolute atomic E-state index is 5.88. The van der Waals surface area contributed by atoms with Crippen molar-refractivity contribution in [3.05, 3.63) is 54.6 Å². The molecule has 2 rings (SSSR count). The number of quaternary nitrogens is 1. The standard InChI is InChI=1S/C19H27N2O.ClH/c1-5-20(17-9-7-6-8-10-17)15-16-22-19-13-11-18(12-14-19)21(2,3)4;/h6-14H,5,15-16H2,1-4H3;1H/q+1;/p-1. The van der Waals surface area contributed by atoms with Crippen molar-refractivity contribution < 1.29 is 17.1 Å². The van der Waals surface area contributed by atoms with Crippen molar-refractivity contribution in [1.29, 1.82) is 0 Å². The second-order valence-electron chi connectivity index (χ2n) is 6.27. The number of ether oxygens (including phenoxy) is 1. The first kappa shape index (κ1) is 19.3. The number of rotatable bonds is 7. The van der Waals surface area contributed by atoms with Gasteiger partial charge in [0.05, 0.1) is 27.7 Å². The molecular formula is C19H27ClN2O. The molecule has 0 N–H and O–H groups in total.